The van der Waals surface area contributed by atoms with Crippen molar-refractivity contribution in [2.75, 3.05) is 30.4 Å². The summed E-state index contributed by atoms with van der Waals surface area (Å²) in [6, 6.07) is 15.1. The molecule has 1 N–H and O–H groups in total. The van der Waals surface area contributed by atoms with Gasteiger partial charge in [0, 0.05) is 31.4 Å². The molecule has 3 rings (SSSR count). The van der Waals surface area contributed by atoms with E-state index in [4.69, 9.17) is 4.74 Å². The quantitative estimate of drug-likeness (QED) is 0.925. The third kappa shape index (κ3) is 2.97. The molecule has 3 nitrogen and oxygen atoms in total. The van der Waals surface area contributed by atoms with Crippen molar-refractivity contribution in [3.05, 3.63) is 53.6 Å². The second-order valence-electron chi connectivity index (χ2n) is 5.45. The number of rotatable bonds is 4. The molecule has 0 amide bonds. The molecular formula is C18H22N2O. The predicted molar refractivity (Wildman–Crippen MR) is 88.4 cm³/mol. The van der Waals surface area contributed by atoms with Gasteiger partial charge in [0.15, 0.2) is 0 Å². The maximum Gasteiger partial charge on any atom is 0.147 e. The first-order valence-corrected chi connectivity index (χ1v) is 7.56. The summed E-state index contributed by atoms with van der Waals surface area (Å²) in [5.41, 5.74) is 4.93. The van der Waals surface area contributed by atoms with Crippen LogP contribution >= 0.6 is 0 Å². The molecule has 2 aromatic rings. The van der Waals surface area contributed by atoms with Gasteiger partial charge < -0.3 is 15.0 Å². The van der Waals surface area contributed by atoms with E-state index in [0.717, 1.165) is 37.6 Å². The van der Waals surface area contributed by atoms with Crippen molar-refractivity contribution < 1.29 is 4.74 Å². The number of anilines is 2. The standard InChI is InChI=1S/C18H22N2O/c1-3-14-7-9-16(10-8-14)20(2)13-15-5-4-6-17-18(15)21-12-11-19-17/h4-10,19H,3,11-13H2,1-2H3. The molecule has 0 saturated carbocycles. The van der Waals surface area contributed by atoms with Gasteiger partial charge in [0.1, 0.15) is 12.4 Å². The lowest BCUT2D eigenvalue weighted by atomic mass is 10.1. The fraction of sp³-hybridized carbons (Fsp3) is 0.333. The second-order valence-corrected chi connectivity index (χ2v) is 5.45. The number of nitrogens with zero attached hydrogens (tertiary/aromatic N) is 1. The fourth-order valence-corrected chi connectivity index (χ4v) is 2.69. The minimum absolute atomic E-state index is 0.735. The molecule has 0 fully saturated rings. The summed E-state index contributed by atoms with van der Waals surface area (Å²) in [7, 11) is 2.12. The Bertz CT molecular complexity index is 607. The highest BCUT2D eigenvalue weighted by Gasteiger charge is 2.15. The van der Waals surface area contributed by atoms with Crippen molar-refractivity contribution in [2.45, 2.75) is 19.9 Å². The van der Waals surface area contributed by atoms with E-state index in [9.17, 15) is 0 Å². The lowest BCUT2D eigenvalue weighted by molar-refractivity contribution is 0.320. The highest BCUT2D eigenvalue weighted by molar-refractivity contribution is 5.62. The molecule has 110 valence electrons. The molecular weight excluding hydrogens is 260 g/mol. The van der Waals surface area contributed by atoms with Gasteiger partial charge in [-0.3, -0.25) is 0 Å². The Kier molecular flexibility index (Phi) is 4.00. The van der Waals surface area contributed by atoms with Crippen molar-refractivity contribution in [1.82, 2.24) is 0 Å². The zero-order valence-corrected chi connectivity index (χ0v) is 12.7. The Balaban J connectivity index is 1.79. The highest BCUT2D eigenvalue weighted by atomic mass is 16.5. The van der Waals surface area contributed by atoms with Crippen LogP contribution in [0.4, 0.5) is 11.4 Å². The summed E-state index contributed by atoms with van der Waals surface area (Å²) in [5.74, 6) is 1.00. The fourth-order valence-electron chi connectivity index (χ4n) is 2.69. The SMILES string of the molecule is CCc1ccc(N(C)Cc2cccc3c2OCCN3)cc1. The average Bonchev–Trinajstić information content (AvgIpc) is 2.55. The van der Waals surface area contributed by atoms with Crippen LogP contribution in [0.2, 0.25) is 0 Å². The van der Waals surface area contributed by atoms with Gasteiger partial charge in [-0.15, -0.1) is 0 Å². The van der Waals surface area contributed by atoms with Gasteiger partial charge in [-0.05, 0) is 30.2 Å². The van der Waals surface area contributed by atoms with Crippen LogP contribution in [0.3, 0.4) is 0 Å². The molecule has 21 heavy (non-hydrogen) atoms. The maximum absolute atomic E-state index is 5.84. The Hall–Kier alpha value is -2.16. The van der Waals surface area contributed by atoms with Crippen molar-refractivity contribution in [3.8, 4) is 5.75 Å². The van der Waals surface area contributed by atoms with Gasteiger partial charge in [0.05, 0.1) is 5.69 Å². The first-order chi connectivity index (χ1) is 10.3. The van der Waals surface area contributed by atoms with E-state index in [0.29, 0.717) is 0 Å². The van der Waals surface area contributed by atoms with Crippen LogP contribution in [0.15, 0.2) is 42.5 Å². The minimum Gasteiger partial charge on any atom is -0.489 e. The summed E-state index contributed by atoms with van der Waals surface area (Å²) >= 11 is 0. The summed E-state index contributed by atoms with van der Waals surface area (Å²) in [6.45, 7) is 4.64. The van der Waals surface area contributed by atoms with Crippen LogP contribution in [-0.2, 0) is 13.0 Å². The lowest BCUT2D eigenvalue weighted by Crippen LogP contribution is -2.22. The van der Waals surface area contributed by atoms with E-state index in [1.165, 1.54) is 16.8 Å². The minimum atomic E-state index is 0.735. The van der Waals surface area contributed by atoms with Gasteiger partial charge in [0.2, 0.25) is 0 Å². The number of ether oxygens (including phenoxy) is 1. The molecule has 0 aliphatic carbocycles. The summed E-state index contributed by atoms with van der Waals surface area (Å²) in [4.78, 5) is 2.26. The molecule has 0 spiro atoms. The second kappa shape index (κ2) is 6.08. The number of hydrogen-bond donors (Lipinski definition) is 1. The number of para-hydroxylation sites is 1. The Labute approximate surface area is 126 Å². The molecule has 0 bridgehead atoms. The smallest absolute Gasteiger partial charge is 0.147 e. The van der Waals surface area contributed by atoms with Crippen LogP contribution in [0, 0.1) is 0 Å². The van der Waals surface area contributed by atoms with Crippen LogP contribution < -0.4 is 15.0 Å². The van der Waals surface area contributed by atoms with Crippen molar-refractivity contribution in [1.29, 1.82) is 0 Å². The third-order valence-corrected chi connectivity index (χ3v) is 3.95. The van der Waals surface area contributed by atoms with Crippen molar-refractivity contribution >= 4 is 11.4 Å². The van der Waals surface area contributed by atoms with E-state index in [2.05, 4.69) is 66.7 Å². The Morgan fingerprint density at radius 1 is 1.14 bits per heavy atom. The molecule has 0 aromatic heterocycles. The molecule has 0 radical (unpaired) electrons. The van der Waals surface area contributed by atoms with E-state index in [1.807, 2.05) is 0 Å². The van der Waals surface area contributed by atoms with E-state index < -0.39 is 0 Å². The van der Waals surface area contributed by atoms with Crippen LogP contribution in [0.5, 0.6) is 5.75 Å². The maximum atomic E-state index is 5.84. The zero-order valence-electron chi connectivity index (χ0n) is 12.7. The number of nitrogens with one attached hydrogen (secondary N) is 1. The van der Waals surface area contributed by atoms with Gasteiger partial charge in [-0.1, -0.05) is 31.2 Å². The number of benzene rings is 2. The number of aryl methyl sites for hydroxylation is 1. The molecule has 1 aliphatic rings. The van der Waals surface area contributed by atoms with Crippen LogP contribution in [-0.4, -0.2) is 20.2 Å². The first kappa shape index (κ1) is 13.8. The van der Waals surface area contributed by atoms with Gasteiger partial charge >= 0.3 is 0 Å². The van der Waals surface area contributed by atoms with E-state index in [-0.39, 0.29) is 0 Å². The van der Waals surface area contributed by atoms with Gasteiger partial charge in [-0.25, -0.2) is 0 Å². The summed E-state index contributed by atoms with van der Waals surface area (Å²) in [5, 5.41) is 3.39. The van der Waals surface area contributed by atoms with Crippen LogP contribution in [0.1, 0.15) is 18.1 Å². The van der Waals surface area contributed by atoms with Crippen molar-refractivity contribution in [3.63, 3.8) is 0 Å². The third-order valence-electron chi connectivity index (χ3n) is 3.95. The van der Waals surface area contributed by atoms with Gasteiger partial charge in [0.25, 0.3) is 0 Å². The topological polar surface area (TPSA) is 24.5 Å². The molecule has 1 heterocycles. The van der Waals surface area contributed by atoms with Gasteiger partial charge in [-0.2, -0.15) is 0 Å². The number of fused-ring (bicyclic) bond motifs is 1. The largest absolute Gasteiger partial charge is 0.489 e. The lowest BCUT2D eigenvalue weighted by Gasteiger charge is -2.25. The monoisotopic (exact) mass is 282 g/mol. The molecule has 0 saturated heterocycles. The van der Waals surface area contributed by atoms with E-state index in [1.54, 1.807) is 0 Å². The summed E-state index contributed by atoms with van der Waals surface area (Å²) in [6.07, 6.45) is 1.08. The molecule has 3 heteroatoms. The first-order valence-electron chi connectivity index (χ1n) is 7.56. The average molecular weight is 282 g/mol. The van der Waals surface area contributed by atoms with Crippen molar-refractivity contribution in [2.24, 2.45) is 0 Å². The summed E-state index contributed by atoms with van der Waals surface area (Å²) < 4.78 is 5.84. The molecule has 2 aromatic carbocycles. The predicted octanol–water partition coefficient (Wildman–Crippen LogP) is 3.69. The number of hydrogen-bond acceptors (Lipinski definition) is 3. The van der Waals surface area contributed by atoms with E-state index >= 15 is 0 Å². The highest BCUT2D eigenvalue weighted by Crippen LogP contribution is 2.32. The molecule has 0 unspecified atom stereocenters. The molecule has 0 atom stereocenters. The zero-order chi connectivity index (χ0) is 14.7. The Morgan fingerprint density at radius 2 is 1.95 bits per heavy atom. The normalized spacial score (nSPS) is 13.0. The molecule has 1 aliphatic heterocycles. The Morgan fingerprint density at radius 3 is 2.71 bits per heavy atom. The van der Waals surface area contributed by atoms with Crippen LogP contribution in [0.25, 0.3) is 0 Å².